The largest absolute Gasteiger partial charge is 0.314 e. The van der Waals surface area contributed by atoms with Crippen LogP contribution in [0.1, 0.15) is 5.56 Å². The number of nitrogens with one attached hydrogen (secondary N) is 1. The third-order valence-electron chi connectivity index (χ3n) is 3.51. The first kappa shape index (κ1) is 12.8. The summed E-state index contributed by atoms with van der Waals surface area (Å²) in [6, 6.07) is 3.82. The molecule has 0 unspecified atom stereocenters. The zero-order valence-electron chi connectivity index (χ0n) is 10.4. The van der Waals surface area contributed by atoms with Gasteiger partial charge in [-0.25, -0.2) is 12.8 Å². The predicted molar refractivity (Wildman–Crippen MR) is 70.9 cm³/mol. The van der Waals surface area contributed by atoms with Gasteiger partial charge in [0.1, 0.15) is 5.82 Å². The molecule has 4 nitrogen and oxygen atoms in total. The number of rotatable bonds is 2. The van der Waals surface area contributed by atoms with Crippen molar-refractivity contribution in [1.29, 1.82) is 0 Å². The maximum absolute atomic E-state index is 13.2. The van der Waals surface area contributed by atoms with E-state index < -0.39 is 15.7 Å². The smallest absolute Gasteiger partial charge is 0.204 e. The second kappa shape index (κ2) is 4.70. The highest BCUT2D eigenvalue weighted by Crippen LogP contribution is 2.33. The first-order valence-electron chi connectivity index (χ1n) is 6.26. The molecule has 6 heteroatoms. The van der Waals surface area contributed by atoms with E-state index in [0.717, 1.165) is 26.2 Å². The van der Waals surface area contributed by atoms with Crippen molar-refractivity contribution in [2.75, 3.05) is 32.7 Å². The molecule has 102 valence electrons. The summed E-state index contributed by atoms with van der Waals surface area (Å²) >= 11 is 0. The summed E-state index contributed by atoms with van der Waals surface area (Å²) < 4.78 is 37.8. The van der Waals surface area contributed by atoms with Crippen molar-refractivity contribution < 1.29 is 12.8 Å². The van der Waals surface area contributed by atoms with E-state index in [9.17, 15) is 12.8 Å². The Morgan fingerprint density at radius 3 is 2.74 bits per heavy atom. The highest BCUT2D eigenvalue weighted by atomic mass is 32.2. The molecular formula is C13H15FN2O2S. The van der Waals surface area contributed by atoms with Crippen molar-refractivity contribution in [3.8, 4) is 0 Å². The van der Waals surface area contributed by atoms with Gasteiger partial charge >= 0.3 is 0 Å². The lowest BCUT2D eigenvalue weighted by atomic mass is 10.2. The fourth-order valence-electron chi connectivity index (χ4n) is 2.49. The van der Waals surface area contributed by atoms with Gasteiger partial charge in [0.25, 0.3) is 0 Å². The maximum Gasteiger partial charge on any atom is 0.204 e. The summed E-state index contributed by atoms with van der Waals surface area (Å²) in [6.07, 6.45) is 1.59. The molecule has 1 fully saturated rings. The Bertz CT molecular complexity index is 634. The van der Waals surface area contributed by atoms with Gasteiger partial charge in [-0.05, 0) is 29.8 Å². The van der Waals surface area contributed by atoms with Crippen LogP contribution >= 0.6 is 0 Å². The molecule has 0 aromatic heterocycles. The highest BCUT2D eigenvalue weighted by molar-refractivity contribution is 7.95. The Morgan fingerprint density at radius 2 is 2.00 bits per heavy atom. The lowest BCUT2D eigenvalue weighted by molar-refractivity contribution is 0.263. The van der Waals surface area contributed by atoms with Crippen LogP contribution in [0.2, 0.25) is 0 Å². The molecule has 0 bridgehead atoms. The molecule has 1 aromatic carbocycles. The van der Waals surface area contributed by atoms with Crippen LogP contribution in [-0.2, 0) is 9.84 Å². The fraction of sp³-hybridized carbons (Fsp3) is 0.385. The molecule has 0 radical (unpaired) electrons. The van der Waals surface area contributed by atoms with Gasteiger partial charge in [-0.15, -0.1) is 0 Å². The first-order valence-corrected chi connectivity index (χ1v) is 7.74. The second-order valence-corrected chi connectivity index (χ2v) is 6.79. The van der Waals surface area contributed by atoms with Gasteiger partial charge in [-0.3, -0.25) is 4.90 Å². The second-order valence-electron chi connectivity index (χ2n) is 4.82. The molecular weight excluding hydrogens is 267 g/mol. The topological polar surface area (TPSA) is 49.4 Å². The molecule has 2 aliphatic rings. The average Bonchev–Trinajstić information content (AvgIpc) is 2.62. The van der Waals surface area contributed by atoms with E-state index in [4.69, 9.17) is 0 Å². The Kier molecular flexibility index (Phi) is 3.16. The summed E-state index contributed by atoms with van der Waals surface area (Å²) in [5.74, 6) is -0.409. The molecule has 19 heavy (non-hydrogen) atoms. The SMILES string of the molecule is O=S1(=O)C(CN2CCNCC2)=Cc2cc(F)ccc21. The Balaban J connectivity index is 1.89. The quantitative estimate of drug-likeness (QED) is 0.817. The molecule has 0 spiro atoms. The minimum atomic E-state index is -3.43. The number of sulfone groups is 1. The summed E-state index contributed by atoms with van der Waals surface area (Å²) in [6.45, 7) is 3.80. The number of hydrogen-bond acceptors (Lipinski definition) is 4. The average molecular weight is 282 g/mol. The standard InChI is InChI=1S/C13H15FN2O2S/c14-11-1-2-13-10(7-11)8-12(19(13,17)18)9-16-5-3-15-4-6-16/h1-2,7-8,15H,3-6,9H2. The van der Waals surface area contributed by atoms with Crippen LogP contribution in [0, 0.1) is 5.82 Å². The van der Waals surface area contributed by atoms with Crippen molar-refractivity contribution in [1.82, 2.24) is 10.2 Å². The van der Waals surface area contributed by atoms with Crippen LogP contribution in [-0.4, -0.2) is 46.0 Å². The lowest BCUT2D eigenvalue weighted by Gasteiger charge is -2.27. The monoisotopic (exact) mass is 282 g/mol. The third kappa shape index (κ3) is 2.31. The number of fused-ring (bicyclic) bond motifs is 1. The van der Waals surface area contributed by atoms with Gasteiger partial charge in [0.05, 0.1) is 9.80 Å². The summed E-state index contributed by atoms with van der Waals surface area (Å²) in [7, 11) is -3.43. The molecule has 1 N–H and O–H groups in total. The van der Waals surface area contributed by atoms with Crippen molar-refractivity contribution >= 4 is 15.9 Å². The lowest BCUT2D eigenvalue weighted by Crippen LogP contribution is -2.44. The van der Waals surface area contributed by atoms with Gasteiger partial charge in [-0.2, -0.15) is 0 Å². The fourth-order valence-corrected chi connectivity index (χ4v) is 4.08. The number of halogens is 1. The van der Waals surface area contributed by atoms with E-state index in [1.165, 1.54) is 18.2 Å². The Labute approximate surface area is 111 Å². The summed E-state index contributed by atoms with van der Waals surface area (Å²) in [5, 5.41) is 3.22. The maximum atomic E-state index is 13.2. The number of piperazine rings is 1. The van der Waals surface area contributed by atoms with Crippen molar-refractivity contribution in [2.45, 2.75) is 4.90 Å². The van der Waals surface area contributed by atoms with E-state index in [2.05, 4.69) is 10.2 Å². The van der Waals surface area contributed by atoms with Crippen LogP contribution in [0.25, 0.3) is 6.08 Å². The van der Waals surface area contributed by atoms with E-state index in [1.807, 2.05) is 0 Å². The van der Waals surface area contributed by atoms with E-state index in [1.54, 1.807) is 6.08 Å². The molecule has 0 atom stereocenters. The predicted octanol–water partition coefficient (Wildman–Crippen LogP) is 0.859. The van der Waals surface area contributed by atoms with Crippen molar-refractivity contribution in [3.63, 3.8) is 0 Å². The zero-order chi connectivity index (χ0) is 13.5. The van der Waals surface area contributed by atoms with Gasteiger partial charge in [-0.1, -0.05) is 0 Å². The normalized spacial score (nSPS) is 22.1. The summed E-state index contributed by atoms with van der Waals surface area (Å²) in [4.78, 5) is 2.69. The minimum Gasteiger partial charge on any atom is -0.314 e. The van der Waals surface area contributed by atoms with Crippen molar-refractivity contribution in [3.05, 3.63) is 34.5 Å². The molecule has 0 amide bonds. The molecule has 1 aromatic rings. The van der Waals surface area contributed by atoms with Crippen molar-refractivity contribution in [2.24, 2.45) is 0 Å². The van der Waals surface area contributed by atoms with Gasteiger partial charge in [0, 0.05) is 32.7 Å². The first-order chi connectivity index (χ1) is 9.07. The van der Waals surface area contributed by atoms with Crippen LogP contribution in [0.3, 0.4) is 0 Å². The molecule has 1 saturated heterocycles. The molecule has 2 heterocycles. The Morgan fingerprint density at radius 1 is 1.26 bits per heavy atom. The highest BCUT2D eigenvalue weighted by Gasteiger charge is 2.31. The molecule has 3 rings (SSSR count). The summed E-state index contributed by atoms with van der Waals surface area (Å²) in [5.41, 5.74) is 0.463. The molecule has 0 aliphatic carbocycles. The van der Waals surface area contributed by atoms with Crippen LogP contribution in [0.4, 0.5) is 4.39 Å². The number of nitrogens with zero attached hydrogens (tertiary/aromatic N) is 1. The van der Waals surface area contributed by atoms with Gasteiger partial charge in [0.2, 0.25) is 9.84 Å². The van der Waals surface area contributed by atoms with E-state index >= 15 is 0 Å². The third-order valence-corrected chi connectivity index (χ3v) is 5.40. The zero-order valence-corrected chi connectivity index (χ0v) is 11.2. The van der Waals surface area contributed by atoms with Gasteiger partial charge in [0.15, 0.2) is 0 Å². The molecule has 0 saturated carbocycles. The molecule has 2 aliphatic heterocycles. The van der Waals surface area contributed by atoms with Gasteiger partial charge < -0.3 is 5.32 Å². The number of hydrogen-bond donors (Lipinski definition) is 1. The van der Waals surface area contributed by atoms with E-state index in [0.29, 0.717) is 17.0 Å². The number of benzene rings is 1. The van der Waals surface area contributed by atoms with Crippen LogP contribution < -0.4 is 5.32 Å². The minimum absolute atomic E-state index is 0.221. The van der Waals surface area contributed by atoms with Crippen LogP contribution in [0.15, 0.2) is 28.0 Å². The Hall–Kier alpha value is -1.24. The van der Waals surface area contributed by atoms with Crippen LogP contribution in [0.5, 0.6) is 0 Å². The van der Waals surface area contributed by atoms with E-state index in [-0.39, 0.29) is 4.90 Å².